The highest BCUT2D eigenvalue weighted by Crippen LogP contribution is 2.47. The van der Waals surface area contributed by atoms with Crippen molar-refractivity contribution in [3.63, 3.8) is 0 Å². The van der Waals surface area contributed by atoms with Gasteiger partial charge in [-0.1, -0.05) is 30.9 Å². The van der Waals surface area contributed by atoms with Crippen LogP contribution in [0.2, 0.25) is 5.02 Å². The Morgan fingerprint density at radius 1 is 1.30 bits per heavy atom. The monoisotopic (exact) mass is 296 g/mol. The lowest BCUT2D eigenvalue weighted by Crippen LogP contribution is -2.39. The van der Waals surface area contributed by atoms with Gasteiger partial charge < -0.3 is 9.84 Å². The summed E-state index contributed by atoms with van der Waals surface area (Å²) in [6.45, 7) is 3.80. The average Bonchev–Trinajstić information content (AvgIpc) is 2.43. The van der Waals surface area contributed by atoms with E-state index in [4.69, 9.17) is 16.3 Å². The fourth-order valence-electron chi connectivity index (χ4n) is 3.42. The Morgan fingerprint density at radius 2 is 1.90 bits per heavy atom. The number of carboxylic acids is 1. The molecule has 20 heavy (non-hydrogen) atoms. The molecule has 1 aliphatic rings. The van der Waals surface area contributed by atoms with Gasteiger partial charge in [0.2, 0.25) is 0 Å². The highest BCUT2D eigenvalue weighted by atomic mass is 35.5. The van der Waals surface area contributed by atoms with Crippen LogP contribution in [-0.2, 0) is 10.2 Å². The summed E-state index contributed by atoms with van der Waals surface area (Å²) in [5, 5.41) is 10.5. The van der Waals surface area contributed by atoms with Gasteiger partial charge in [0.1, 0.15) is 5.75 Å². The summed E-state index contributed by atoms with van der Waals surface area (Å²) in [6, 6.07) is 1.84. The van der Waals surface area contributed by atoms with Crippen LogP contribution in [0.25, 0.3) is 0 Å². The molecule has 0 aliphatic heterocycles. The first kappa shape index (κ1) is 15.2. The number of aryl methyl sites for hydroxylation is 1. The van der Waals surface area contributed by atoms with E-state index in [1.54, 1.807) is 7.11 Å². The van der Waals surface area contributed by atoms with E-state index in [2.05, 4.69) is 0 Å². The smallest absolute Gasteiger partial charge is 0.314 e. The zero-order valence-corrected chi connectivity index (χ0v) is 13.0. The Morgan fingerprint density at radius 3 is 2.40 bits per heavy atom. The van der Waals surface area contributed by atoms with Crippen molar-refractivity contribution in [2.45, 2.75) is 51.4 Å². The van der Waals surface area contributed by atoms with Crippen molar-refractivity contribution in [2.75, 3.05) is 7.11 Å². The lowest BCUT2D eigenvalue weighted by atomic mass is 9.67. The van der Waals surface area contributed by atoms with E-state index in [1.165, 1.54) is 0 Å². The largest absolute Gasteiger partial charge is 0.496 e. The predicted molar refractivity (Wildman–Crippen MR) is 79.9 cm³/mol. The number of aliphatic carboxylic acids is 1. The van der Waals surface area contributed by atoms with Gasteiger partial charge in [0.05, 0.1) is 12.5 Å². The first-order valence-electron chi connectivity index (χ1n) is 7.01. The maximum Gasteiger partial charge on any atom is 0.314 e. The molecule has 0 radical (unpaired) electrons. The molecule has 4 heteroatoms. The molecule has 0 bridgehead atoms. The normalized spacial score (nSPS) is 17.8. The average molecular weight is 297 g/mol. The minimum absolute atomic E-state index is 0.615. The van der Waals surface area contributed by atoms with Crippen LogP contribution in [0.15, 0.2) is 6.07 Å². The number of halogens is 1. The number of ether oxygens (including phenoxy) is 1. The minimum atomic E-state index is -0.858. The van der Waals surface area contributed by atoms with Gasteiger partial charge in [-0.05, 0) is 43.9 Å². The summed E-state index contributed by atoms with van der Waals surface area (Å²) < 4.78 is 5.52. The van der Waals surface area contributed by atoms with Crippen molar-refractivity contribution in [3.05, 3.63) is 27.8 Å². The Hall–Kier alpha value is -1.22. The molecule has 0 unspecified atom stereocenters. The molecule has 0 saturated heterocycles. The topological polar surface area (TPSA) is 46.5 Å². The first-order chi connectivity index (χ1) is 9.44. The Bertz CT molecular complexity index is 531. The Kier molecular flexibility index (Phi) is 4.28. The summed E-state index contributed by atoms with van der Waals surface area (Å²) in [5.41, 5.74) is 1.64. The quantitative estimate of drug-likeness (QED) is 0.907. The number of hydrogen-bond donors (Lipinski definition) is 1. The van der Waals surface area contributed by atoms with Crippen LogP contribution in [0.3, 0.4) is 0 Å². The fraction of sp³-hybridized carbons (Fsp3) is 0.562. The lowest BCUT2D eigenvalue weighted by Gasteiger charge is -2.36. The third-order valence-corrected chi connectivity index (χ3v) is 4.85. The van der Waals surface area contributed by atoms with Crippen molar-refractivity contribution in [2.24, 2.45) is 0 Å². The van der Waals surface area contributed by atoms with Crippen LogP contribution in [0.1, 0.15) is 48.8 Å². The van der Waals surface area contributed by atoms with E-state index in [0.717, 1.165) is 36.0 Å². The summed E-state index contributed by atoms with van der Waals surface area (Å²) >= 11 is 6.29. The molecule has 2 rings (SSSR count). The number of hydrogen-bond acceptors (Lipinski definition) is 2. The molecule has 0 atom stereocenters. The van der Waals surface area contributed by atoms with E-state index in [-0.39, 0.29) is 0 Å². The standard InChI is InChI=1S/C16H21ClO3/c1-10-9-12(17)11(2)13(14(10)20-3)16(15(18)19)7-5-4-6-8-16/h9H,4-8H2,1-3H3,(H,18,19). The van der Waals surface area contributed by atoms with Crippen LogP contribution < -0.4 is 4.74 Å². The molecule has 1 fully saturated rings. The van der Waals surface area contributed by atoms with Crippen LogP contribution in [0, 0.1) is 13.8 Å². The first-order valence-corrected chi connectivity index (χ1v) is 7.39. The molecule has 0 spiro atoms. The maximum atomic E-state index is 12.0. The molecule has 0 aromatic heterocycles. The molecule has 3 nitrogen and oxygen atoms in total. The molecular weight excluding hydrogens is 276 g/mol. The number of methoxy groups -OCH3 is 1. The van der Waals surface area contributed by atoms with Gasteiger partial charge in [0, 0.05) is 10.6 Å². The van der Waals surface area contributed by atoms with Crippen molar-refractivity contribution in [1.29, 1.82) is 0 Å². The molecule has 1 aliphatic carbocycles. The Labute approximate surface area is 124 Å². The lowest BCUT2D eigenvalue weighted by molar-refractivity contribution is -0.145. The second-order valence-corrected chi connectivity index (χ2v) is 6.06. The van der Waals surface area contributed by atoms with Gasteiger partial charge in [-0.25, -0.2) is 0 Å². The van der Waals surface area contributed by atoms with Gasteiger partial charge >= 0.3 is 5.97 Å². The molecule has 1 saturated carbocycles. The molecule has 1 aromatic carbocycles. The number of carbonyl (C=O) groups is 1. The molecule has 0 amide bonds. The SMILES string of the molecule is COc1c(C)cc(Cl)c(C)c1C1(C(=O)O)CCCCC1. The second-order valence-electron chi connectivity index (χ2n) is 5.66. The van der Waals surface area contributed by atoms with Crippen molar-refractivity contribution >= 4 is 17.6 Å². The summed E-state index contributed by atoms with van der Waals surface area (Å²) in [7, 11) is 1.59. The van der Waals surface area contributed by atoms with Gasteiger partial charge in [-0.2, -0.15) is 0 Å². The van der Waals surface area contributed by atoms with Crippen LogP contribution in [0.5, 0.6) is 5.75 Å². The number of benzene rings is 1. The van der Waals surface area contributed by atoms with Gasteiger partial charge in [-0.15, -0.1) is 0 Å². The third-order valence-electron chi connectivity index (χ3n) is 4.46. The second kappa shape index (κ2) is 5.65. The highest BCUT2D eigenvalue weighted by Gasteiger charge is 2.45. The summed E-state index contributed by atoms with van der Waals surface area (Å²) in [4.78, 5) is 12.0. The molecule has 1 N–H and O–H groups in total. The van der Waals surface area contributed by atoms with Gasteiger partial charge in [0.25, 0.3) is 0 Å². The van der Waals surface area contributed by atoms with Crippen molar-refractivity contribution in [1.82, 2.24) is 0 Å². The van der Waals surface area contributed by atoms with Crippen LogP contribution in [-0.4, -0.2) is 18.2 Å². The number of rotatable bonds is 3. The van der Waals surface area contributed by atoms with E-state index in [9.17, 15) is 9.90 Å². The molecule has 1 aromatic rings. The van der Waals surface area contributed by atoms with Gasteiger partial charge in [-0.3, -0.25) is 4.79 Å². The van der Waals surface area contributed by atoms with E-state index in [1.807, 2.05) is 19.9 Å². The summed E-state index contributed by atoms with van der Waals surface area (Å²) in [6.07, 6.45) is 4.26. The van der Waals surface area contributed by atoms with Crippen LogP contribution in [0.4, 0.5) is 0 Å². The molecule has 0 heterocycles. The van der Waals surface area contributed by atoms with Crippen molar-refractivity contribution in [3.8, 4) is 5.75 Å². The predicted octanol–water partition coefficient (Wildman–Crippen LogP) is 4.25. The summed E-state index contributed by atoms with van der Waals surface area (Å²) in [5.74, 6) is -0.0866. The number of carboxylic acid groups (broad SMARTS) is 1. The van der Waals surface area contributed by atoms with E-state index < -0.39 is 11.4 Å². The molecular formula is C16H21ClO3. The van der Waals surface area contributed by atoms with Crippen LogP contribution >= 0.6 is 11.6 Å². The van der Waals surface area contributed by atoms with E-state index in [0.29, 0.717) is 23.6 Å². The maximum absolute atomic E-state index is 12.0. The fourth-order valence-corrected chi connectivity index (χ4v) is 3.67. The third kappa shape index (κ3) is 2.28. The Balaban J connectivity index is 2.73. The minimum Gasteiger partial charge on any atom is -0.496 e. The van der Waals surface area contributed by atoms with Crippen molar-refractivity contribution < 1.29 is 14.6 Å². The van der Waals surface area contributed by atoms with E-state index >= 15 is 0 Å². The zero-order valence-electron chi connectivity index (χ0n) is 12.3. The van der Waals surface area contributed by atoms with Gasteiger partial charge in [0.15, 0.2) is 0 Å². The zero-order chi connectivity index (χ0) is 14.9. The highest BCUT2D eigenvalue weighted by molar-refractivity contribution is 6.31. The molecule has 110 valence electrons.